The van der Waals surface area contributed by atoms with Crippen LogP contribution in [0.2, 0.25) is 5.02 Å². The molecule has 1 saturated heterocycles. The second kappa shape index (κ2) is 11.0. The molecule has 0 bridgehead atoms. The van der Waals surface area contributed by atoms with Gasteiger partial charge in [0.2, 0.25) is 0 Å². The van der Waals surface area contributed by atoms with Crippen molar-refractivity contribution < 1.29 is 27.4 Å². The lowest BCUT2D eigenvalue weighted by Crippen LogP contribution is -2.32. The van der Waals surface area contributed by atoms with Crippen LogP contribution in [-0.4, -0.2) is 42.4 Å². The van der Waals surface area contributed by atoms with Crippen molar-refractivity contribution in [3.63, 3.8) is 0 Å². The van der Waals surface area contributed by atoms with Crippen LogP contribution < -0.4 is 4.74 Å². The Morgan fingerprint density at radius 3 is 2.59 bits per heavy atom. The number of aliphatic imine (C=N–C) groups is 1. The molecule has 0 aromatic heterocycles. The third kappa shape index (κ3) is 6.25. The van der Waals surface area contributed by atoms with Gasteiger partial charge >= 0.3 is 6.18 Å². The van der Waals surface area contributed by atoms with Crippen LogP contribution in [0.25, 0.3) is 0 Å². The normalized spacial score (nSPS) is 22.8. The van der Waals surface area contributed by atoms with Gasteiger partial charge in [-0.05, 0) is 43.5 Å². The van der Waals surface area contributed by atoms with E-state index in [2.05, 4.69) is 0 Å². The molecule has 0 saturated carbocycles. The molecule has 2 aliphatic rings. The number of thioether (sulfide) groups is 1. The zero-order valence-electron chi connectivity index (χ0n) is 18.1. The molecule has 2 heterocycles. The van der Waals surface area contributed by atoms with E-state index in [1.165, 1.54) is 23.9 Å². The first-order valence-electron chi connectivity index (χ1n) is 10.8. The maximum Gasteiger partial charge on any atom is 0.416 e. The van der Waals surface area contributed by atoms with Gasteiger partial charge in [0.15, 0.2) is 6.29 Å². The summed E-state index contributed by atoms with van der Waals surface area (Å²) < 4.78 is 56.3. The minimum Gasteiger partial charge on any atom is -0.492 e. The zero-order chi connectivity index (χ0) is 24.1. The fourth-order valence-electron chi connectivity index (χ4n) is 3.62. The summed E-state index contributed by atoms with van der Waals surface area (Å²) in [5.41, 5.74) is 0.267. The highest BCUT2D eigenvalue weighted by molar-refractivity contribution is 8.15. The van der Waals surface area contributed by atoms with E-state index in [0.717, 1.165) is 31.4 Å². The highest BCUT2D eigenvalue weighted by Gasteiger charge is 2.34. The Bertz CT molecular complexity index is 1070. The summed E-state index contributed by atoms with van der Waals surface area (Å²) in [5.74, 6) is 0.517. The van der Waals surface area contributed by atoms with Crippen molar-refractivity contribution in [3.05, 3.63) is 64.2 Å². The Morgan fingerprint density at radius 2 is 1.94 bits per heavy atom. The van der Waals surface area contributed by atoms with Gasteiger partial charge in [-0.25, -0.2) is 0 Å². The molecule has 2 aromatic carbocycles. The minimum absolute atomic E-state index is 0.129. The van der Waals surface area contributed by atoms with Gasteiger partial charge in [-0.1, -0.05) is 35.5 Å². The van der Waals surface area contributed by atoms with Gasteiger partial charge in [-0.2, -0.15) is 18.4 Å². The number of benzene rings is 2. The molecule has 180 valence electrons. The van der Waals surface area contributed by atoms with E-state index in [4.69, 9.17) is 36.1 Å². The fourth-order valence-corrected chi connectivity index (χ4v) is 5.02. The highest BCUT2D eigenvalue weighted by Crippen LogP contribution is 2.34. The zero-order valence-corrected chi connectivity index (χ0v) is 19.6. The Hall–Kier alpha value is -2.25. The molecular weight excluding hydrogens is 489 g/mol. The van der Waals surface area contributed by atoms with E-state index in [1.807, 2.05) is 6.07 Å². The standard InChI is InChI=1S/C24H22ClF3N2O3S/c25-19-11-18(9-6-16(19)12-29)32-14-21-20(13-33-22-3-1-2-10-31-22)30-23(34-21)15-4-7-17(8-5-15)24(26,27)28/h4-9,11,20-22H,1-3,10,13-14H2. The lowest BCUT2D eigenvalue weighted by atomic mass is 10.1. The van der Waals surface area contributed by atoms with Crippen molar-refractivity contribution in [1.29, 1.82) is 5.26 Å². The number of nitrogens with zero attached hydrogens (tertiary/aromatic N) is 2. The van der Waals surface area contributed by atoms with Crippen molar-refractivity contribution in [2.24, 2.45) is 4.99 Å². The second-order valence-corrected chi connectivity index (χ2v) is 9.56. The molecule has 2 aromatic rings. The van der Waals surface area contributed by atoms with Crippen molar-refractivity contribution in [1.82, 2.24) is 0 Å². The number of ether oxygens (including phenoxy) is 3. The van der Waals surface area contributed by atoms with Crippen LogP contribution in [0.15, 0.2) is 47.5 Å². The van der Waals surface area contributed by atoms with E-state index in [0.29, 0.717) is 40.2 Å². The van der Waals surface area contributed by atoms with Crippen LogP contribution >= 0.6 is 23.4 Å². The topological polar surface area (TPSA) is 63.8 Å². The number of nitriles is 1. The summed E-state index contributed by atoms with van der Waals surface area (Å²) in [6.07, 6.45) is -1.80. The fraction of sp³-hybridized carbons (Fsp3) is 0.417. The minimum atomic E-state index is -4.39. The average molecular weight is 511 g/mol. The molecule has 3 unspecified atom stereocenters. The molecule has 4 rings (SSSR count). The molecule has 0 aliphatic carbocycles. The smallest absolute Gasteiger partial charge is 0.416 e. The van der Waals surface area contributed by atoms with Crippen LogP contribution in [0.4, 0.5) is 13.2 Å². The molecule has 34 heavy (non-hydrogen) atoms. The van der Waals surface area contributed by atoms with E-state index in [-0.39, 0.29) is 24.2 Å². The van der Waals surface area contributed by atoms with E-state index >= 15 is 0 Å². The second-order valence-electron chi connectivity index (χ2n) is 7.93. The van der Waals surface area contributed by atoms with Crippen LogP contribution in [0.5, 0.6) is 5.75 Å². The number of hydrogen-bond acceptors (Lipinski definition) is 6. The first kappa shape index (κ1) is 24.9. The summed E-state index contributed by atoms with van der Waals surface area (Å²) in [4.78, 5) is 4.74. The Labute approximate surface area is 204 Å². The van der Waals surface area contributed by atoms with Gasteiger partial charge in [-0.3, -0.25) is 4.99 Å². The van der Waals surface area contributed by atoms with Crippen molar-refractivity contribution in [2.75, 3.05) is 19.8 Å². The molecule has 3 atom stereocenters. The van der Waals surface area contributed by atoms with Gasteiger partial charge in [0.05, 0.1) is 39.1 Å². The predicted octanol–water partition coefficient (Wildman–Crippen LogP) is 6.08. The predicted molar refractivity (Wildman–Crippen MR) is 124 cm³/mol. The SMILES string of the molecule is N#Cc1ccc(OCC2SC(c3ccc(C(F)(F)F)cc3)=NC2COC2CCCCO2)cc1Cl. The molecule has 1 fully saturated rings. The summed E-state index contributed by atoms with van der Waals surface area (Å²) >= 11 is 7.53. The molecular formula is C24H22ClF3N2O3S. The summed E-state index contributed by atoms with van der Waals surface area (Å²) in [7, 11) is 0. The number of halogens is 4. The number of rotatable bonds is 7. The Kier molecular flexibility index (Phi) is 8.04. The molecule has 10 heteroatoms. The monoisotopic (exact) mass is 510 g/mol. The van der Waals surface area contributed by atoms with E-state index < -0.39 is 11.7 Å². The Morgan fingerprint density at radius 1 is 1.15 bits per heavy atom. The third-order valence-electron chi connectivity index (χ3n) is 5.50. The van der Waals surface area contributed by atoms with Gasteiger partial charge in [0.25, 0.3) is 0 Å². The van der Waals surface area contributed by atoms with Crippen LogP contribution in [0.1, 0.15) is 36.0 Å². The molecule has 0 radical (unpaired) electrons. The van der Waals surface area contributed by atoms with Gasteiger partial charge in [-0.15, -0.1) is 0 Å². The van der Waals surface area contributed by atoms with E-state index in [9.17, 15) is 13.2 Å². The molecule has 0 spiro atoms. The Balaban J connectivity index is 1.46. The van der Waals surface area contributed by atoms with Gasteiger partial charge in [0, 0.05) is 18.2 Å². The van der Waals surface area contributed by atoms with Crippen LogP contribution in [-0.2, 0) is 15.7 Å². The van der Waals surface area contributed by atoms with Crippen molar-refractivity contribution in [3.8, 4) is 11.8 Å². The first-order chi connectivity index (χ1) is 16.3. The average Bonchev–Trinajstić information content (AvgIpc) is 3.25. The largest absolute Gasteiger partial charge is 0.492 e. The van der Waals surface area contributed by atoms with E-state index in [1.54, 1.807) is 18.2 Å². The van der Waals surface area contributed by atoms with Crippen LogP contribution in [0, 0.1) is 11.3 Å². The molecule has 0 N–H and O–H groups in total. The number of alkyl halides is 3. The summed E-state index contributed by atoms with van der Waals surface area (Å²) in [5, 5.41) is 9.84. The molecule has 5 nitrogen and oxygen atoms in total. The van der Waals surface area contributed by atoms with Crippen molar-refractivity contribution >= 4 is 28.4 Å². The first-order valence-corrected chi connectivity index (χ1v) is 12.1. The van der Waals surface area contributed by atoms with Crippen molar-refractivity contribution in [2.45, 2.75) is 43.0 Å². The van der Waals surface area contributed by atoms with Crippen LogP contribution in [0.3, 0.4) is 0 Å². The molecule has 2 aliphatic heterocycles. The van der Waals surface area contributed by atoms with Gasteiger partial charge < -0.3 is 14.2 Å². The molecule has 0 amide bonds. The quantitative estimate of drug-likeness (QED) is 0.451. The highest BCUT2D eigenvalue weighted by atomic mass is 35.5. The summed E-state index contributed by atoms with van der Waals surface area (Å²) in [6.45, 7) is 1.25. The lowest BCUT2D eigenvalue weighted by molar-refractivity contribution is -0.164. The maximum atomic E-state index is 12.9. The summed E-state index contributed by atoms with van der Waals surface area (Å²) in [6, 6.07) is 11.6. The lowest BCUT2D eigenvalue weighted by Gasteiger charge is -2.25. The van der Waals surface area contributed by atoms with Gasteiger partial charge in [0.1, 0.15) is 18.4 Å². The third-order valence-corrected chi connectivity index (χ3v) is 7.13. The maximum absolute atomic E-state index is 12.9. The number of hydrogen-bond donors (Lipinski definition) is 0.